The molecule has 144 valence electrons. The lowest BCUT2D eigenvalue weighted by Crippen LogP contribution is -2.35. The number of nitrogens with zero attached hydrogens (tertiary/aromatic N) is 2. The number of aromatic nitrogens is 1. The Bertz CT molecular complexity index is 1040. The van der Waals surface area contributed by atoms with Gasteiger partial charge in [-0.2, -0.15) is 5.26 Å². The summed E-state index contributed by atoms with van der Waals surface area (Å²) in [5.74, 6) is -1.31. The van der Waals surface area contributed by atoms with Gasteiger partial charge in [-0.25, -0.2) is 9.59 Å². The molecule has 1 aromatic carbocycles. The van der Waals surface area contributed by atoms with Gasteiger partial charge in [0.15, 0.2) is 0 Å². The van der Waals surface area contributed by atoms with Gasteiger partial charge >= 0.3 is 12.0 Å². The van der Waals surface area contributed by atoms with Crippen LogP contribution in [0.15, 0.2) is 29.8 Å². The van der Waals surface area contributed by atoms with Crippen molar-refractivity contribution in [1.29, 1.82) is 5.26 Å². The molecule has 0 radical (unpaired) electrons. The summed E-state index contributed by atoms with van der Waals surface area (Å²) in [4.78, 5) is 34.7. The van der Waals surface area contributed by atoms with E-state index in [4.69, 9.17) is 10.5 Å². The molecule has 1 heterocycles. The topological polar surface area (TPSA) is 127 Å². The molecule has 0 saturated heterocycles. The SMILES string of the molecule is COC(=O)c1cccc(-n2c(C)cc(/C=C(/C#N)C(=O)NC(N)=O)c2C)c1C. The highest BCUT2D eigenvalue weighted by atomic mass is 16.5. The first-order chi connectivity index (χ1) is 13.2. The number of primary amides is 1. The zero-order valence-corrected chi connectivity index (χ0v) is 16.0. The first-order valence-electron chi connectivity index (χ1n) is 8.31. The highest BCUT2D eigenvalue weighted by Crippen LogP contribution is 2.26. The van der Waals surface area contributed by atoms with E-state index in [0.29, 0.717) is 11.1 Å². The van der Waals surface area contributed by atoms with E-state index in [0.717, 1.165) is 22.6 Å². The fourth-order valence-corrected chi connectivity index (χ4v) is 2.98. The predicted octanol–water partition coefficient (Wildman–Crippen LogP) is 2.29. The van der Waals surface area contributed by atoms with Gasteiger partial charge in [0, 0.05) is 17.1 Å². The largest absolute Gasteiger partial charge is 0.465 e. The number of hydrogen-bond acceptors (Lipinski definition) is 5. The maximum atomic E-state index is 12.0. The summed E-state index contributed by atoms with van der Waals surface area (Å²) in [6.07, 6.45) is 1.39. The van der Waals surface area contributed by atoms with Crippen molar-refractivity contribution < 1.29 is 19.1 Å². The fourth-order valence-electron chi connectivity index (χ4n) is 2.98. The van der Waals surface area contributed by atoms with E-state index in [1.165, 1.54) is 13.2 Å². The van der Waals surface area contributed by atoms with Gasteiger partial charge in [0.2, 0.25) is 0 Å². The zero-order chi connectivity index (χ0) is 21.0. The Hall–Kier alpha value is -3.86. The highest BCUT2D eigenvalue weighted by molar-refractivity contribution is 6.08. The van der Waals surface area contributed by atoms with Crippen molar-refractivity contribution in [2.75, 3.05) is 7.11 Å². The van der Waals surface area contributed by atoms with Crippen molar-refractivity contribution in [3.8, 4) is 11.8 Å². The maximum absolute atomic E-state index is 12.0. The number of nitriles is 1. The second kappa shape index (κ2) is 8.22. The van der Waals surface area contributed by atoms with Crippen LogP contribution in [0.2, 0.25) is 0 Å². The van der Waals surface area contributed by atoms with E-state index < -0.39 is 17.9 Å². The number of ether oxygens (including phenoxy) is 1. The average molecular weight is 380 g/mol. The first-order valence-corrected chi connectivity index (χ1v) is 8.31. The summed E-state index contributed by atoms with van der Waals surface area (Å²) in [7, 11) is 1.32. The molecule has 8 nitrogen and oxygen atoms in total. The van der Waals surface area contributed by atoms with Crippen LogP contribution in [-0.4, -0.2) is 29.6 Å². The van der Waals surface area contributed by atoms with Crippen LogP contribution in [0.3, 0.4) is 0 Å². The van der Waals surface area contributed by atoms with Crippen LogP contribution >= 0.6 is 0 Å². The Kier molecular flexibility index (Phi) is 6.01. The van der Waals surface area contributed by atoms with Crippen molar-refractivity contribution in [3.63, 3.8) is 0 Å². The molecule has 0 aliphatic heterocycles. The van der Waals surface area contributed by atoms with Crippen molar-refractivity contribution in [1.82, 2.24) is 9.88 Å². The predicted molar refractivity (Wildman–Crippen MR) is 103 cm³/mol. The molecule has 0 fully saturated rings. The number of urea groups is 1. The molecular formula is C20H20N4O4. The number of amides is 3. The Morgan fingerprint density at radius 2 is 1.93 bits per heavy atom. The zero-order valence-electron chi connectivity index (χ0n) is 16.0. The molecule has 2 rings (SSSR count). The molecule has 0 unspecified atom stereocenters. The lowest BCUT2D eigenvalue weighted by molar-refractivity contribution is -0.115. The van der Waals surface area contributed by atoms with E-state index in [9.17, 15) is 19.6 Å². The van der Waals surface area contributed by atoms with Gasteiger partial charge in [-0.1, -0.05) is 6.07 Å². The van der Waals surface area contributed by atoms with E-state index in [2.05, 4.69) is 0 Å². The van der Waals surface area contributed by atoms with Gasteiger partial charge in [-0.05, 0) is 56.2 Å². The molecular weight excluding hydrogens is 360 g/mol. The third-order valence-electron chi connectivity index (χ3n) is 4.32. The number of imide groups is 1. The Labute approximate surface area is 162 Å². The fraction of sp³-hybridized carbons (Fsp3) is 0.200. The van der Waals surface area contributed by atoms with Crippen molar-refractivity contribution in [3.05, 3.63) is 57.9 Å². The molecule has 2 aromatic rings. The molecule has 0 aliphatic rings. The van der Waals surface area contributed by atoms with Gasteiger partial charge < -0.3 is 15.0 Å². The molecule has 1 aromatic heterocycles. The molecule has 3 N–H and O–H groups in total. The summed E-state index contributed by atoms with van der Waals surface area (Å²) in [6.45, 7) is 5.51. The number of benzene rings is 1. The molecule has 0 saturated carbocycles. The number of esters is 1. The van der Waals surface area contributed by atoms with Gasteiger partial charge in [0.05, 0.1) is 12.7 Å². The lowest BCUT2D eigenvalue weighted by Gasteiger charge is -2.15. The number of rotatable bonds is 4. The van der Waals surface area contributed by atoms with Crippen LogP contribution in [0.25, 0.3) is 11.8 Å². The maximum Gasteiger partial charge on any atom is 0.338 e. The van der Waals surface area contributed by atoms with Crippen molar-refractivity contribution >= 4 is 24.0 Å². The van der Waals surface area contributed by atoms with E-state index >= 15 is 0 Å². The Balaban J connectivity index is 2.58. The number of aryl methyl sites for hydroxylation is 1. The van der Waals surface area contributed by atoms with Gasteiger partial charge in [0.25, 0.3) is 5.91 Å². The summed E-state index contributed by atoms with van der Waals surface area (Å²) in [5.41, 5.74) is 8.85. The smallest absolute Gasteiger partial charge is 0.338 e. The Morgan fingerprint density at radius 1 is 1.25 bits per heavy atom. The number of nitrogens with one attached hydrogen (secondary N) is 1. The minimum absolute atomic E-state index is 0.251. The third-order valence-corrected chi connectivity index (χ3v) is 4.32. The highest BCUT2D eigenvalue weighted by Gasteiger charge is 2.18. The standard InChI is InChI=1S/C20H20N4O4/c1-11-8-14(9-15(10-21)18(25)23-20(22)27)13(3)24(11)17-7-5-6-16(12(17)2)19(26)28-4/h5-9H,1-4H3,(H3,22,23,25,27)/b15-9-. The molecule has 3 amide bonds. The van der Waals surface area contributed by atoms with Crippen LogP contribution in [0, 0.1) is 32.1 Å². The number of carbonyl (C=O) groups excluding carboxylic acids is 3. The van der Waals surface area contributed by atoms with Crippen LogP contribution in [0.4, 0.5) is 4.79 Å². The number of carbonyl (C=O) groups is 3. The van der Waals surface area contributed by atoms with Crippen LogP contribution < -0.4 is 11.1 Å². The van der Waals surface area contributed by atoms with Gasteiger partial charge in [0.1, 0.15) is 11.6 Å². The quantitative estimate of drug-likeness (QED) is 0.478. The summed E-state index contributed by atoms with van der Waals surface area (Å²) >= 11 is 0. The van der Waals surface area contributed by atoms with E-state index in [1.54, 1.807) is 24.3 Å². The van der Waals surface area contributed by atoms with E-state index in [1.807, 2.05) is 36.7 Å². The molecule has 28 heavy (non-hydrogen) atoms. The van der Waals surface area contributed by atoms with Crippen LogP contribution in [-0.2, 0) is 9.53 Å². The van der Waals surface area contributed by atoms with E-state index in [-0.39, 0.29) is 5.57 Å². The minimum atomic E-state index is -1.04. The first kappa shape index (κ1) is 20.5. The molecule has 0 bridgehead atoms. The average Bonchev–Trinajstić information content (AvgIpc) is 2.92. The second-order valence-corrected chi connectivity index (χ2v) is 6.09. The van der Waals surface area contributed by atoms with Crippen molar-refractivity contribution in [2.45, 2.75) is 20.8 Å². The van der Waals surface area contributed by atoms with Gasteiger partial charge in [-0.3, -0.25) is 10.1 Å². The minimum Gasteiger partial charge on any atom is -0.465 e. The van der Waals surface area contributed by atoms with Crippen molar-refractivity contribution in [2.24, 2.45) is 5.73 Å². The third kappa shape index (κ3) is 3.94. The normalized spacial score (nSPS) is 10.9. The molecule has 0 spiro atoms. The second-order valence-electron chi connectivity index (χ2n) is 6.09. The molecule has 0 atom stereocenters. The molecule has 0 aliphatic carbocycles. The van der Waals surface area contributed by atoms with Crippen LogP contribution in [0.5, 0.6) is 0 Å². The lowest BCUT2D eigenvalue weighted by atomic mass is 10.1. The number of hydrogen-bond donors (Lipinski definition) is 2. The van der Waals surface area contributed by atoms with Crippen LogP contribution in [0.1, 0.15) is 32.9 Å². The molecule has 8 heteroatoms. The van der Waals surface area contributed by atoms with Gasteiger partial charge in [-0.15, -0.1) is 0 Å². The Morgan fingerprint density at radius 3 is 2.50 bits per heavy atom. The summed E-state index contributed by atoms with van der Waals surface area (Å²) < 4.78 is 6.73. The monoisotopic (exact) mass is 380 g/mol. The number of nitrogens with two attached hydrogens (primary N) is 1. The summed E-state index contributed by atoms with van der Waals surface area (Å²) in [6, 6.07) is 7.83. The summed E-state index contributed by atoms with van der Waals surface area (Å²) in [5, 5.41) is 11.1. The number of methoxy groups -OCH3 is 1.